The standard InChI is InChI=1S/C16H16N2O2/c1-20-13-6-4-5-12(9-13)10-16(19)14-11-17-18-8-3-2-7-15(14)18/h2-9,11,16,19H,10H2,1H3. The van der Waals surface area contributed by atoms with E-state index in [2.05, 4.69) is 5.10 Å². The number of nitrogens with zero attached hydrogens (tertiary/aromatic N) is 2. The molecule has 0 aliphatic heterocycles. The van der Waals surface area contributed by atoms with Crippen molar-refractivity contribution in [3.8, 4) is 5.75 Å². The van der Waals surface area contributed by atoms with Gasteiger partial charge in [-0.25, -0.2) is 4.52 Å². The molecule has 1 unspecified atom stereocenters. The summed E-state index contributed by atoms with van der Waals surface area (Å²) in [5.41, 5.74) is 2.81. The van der Waals surface area contributed by atoms with Crippen LogP contribution >= 0.6 is 0 Å². The van der Waals surface area contributed by atoms with Crippen LogP contribution in [0, 0.1) is 0 Å². The monoisotopic (exact) mass is 268 g/mol. The molecule has 0 saturated heterocycles. The maximum Gasteiger partial charge on any atom is 0.119 e. The molecule has 0 bridgehead atoms. The molecule has 1 aromatic carbocycles. The Bertz CT molecular complexity index is 721. The molecule has 0 saturated carbocycles. The van der Waals surface area contributed by atoms with Gasteiger partial charge in [-0.3, -0.25) is 0 Å². The van der Waals surface area contributed by atoms with Gasteiger partial charge in [0.15, 0.2) is 0 Å². The molecule has 0 fully saturated rings. The van der Waals surface area contributed by atoms with Gasteiger partial charge >= 0.3 is 0 Å². The highest BCUT2D eigenvalue weighted by atomic mass is 16.5. The van der Waals surface area contributed by atoms with Gasteiger partial charge in [-0.15, -0.1) is 0 Å². The van der Waals surface area contributed by atoms with E-state index in [1.54, 1.807) is 17.8 Å². The number of hydrogen-bond acceptors (Lipinski definition) is 3. The van der Waals surface area contributed by atoms with E-state index in [1.807, 2.05) is 48.7 Å². The molecule has 102 valence electrons. The lowest BCUT2D eigenvalue weighted by Crippen LogP contribution is -2.01. The van der Waals surface area contributed by atoms with Crippen molar-refractivity contribution < 1.29 is 9.84 Å². The highest BCUT2D eigenvalue weighted by Crippen LogP contribution is 2.24. The van der Waals surface area contributed by atoms with Crippen LogP contribution in [0.1, 0.15) is 17.2 Å². The molecule has 1 N–H and O–H groups in total. The lowest BCUT2D eigenvalue weighted by atomic mass is 10.0. The first kappa shape index (κ1) is 12.7. The second-order valence-electron chi connectivity index (χ2n) is 4.70. The Labute approximate surface area is 117 Å². The fraction of sp³-hybridized carbons (Fsp3) is 0.188. The van der Waals surface area contributed by atoms with Gasteiger partial charge in [0.25, 0.3) is 0 Å². The number of pyridine rings is 1. The first-order valence-corrected chi connectivity index (χ1v) is 6.51. The number of methoxy groups -OCH3 is 1. The second-order valence-corrected chi connectivity index (χ2v) is 4.70. The Morgan fingerprint density at radius 3 is 3.00 bits per heavy atom. The van der Waals surface area contributed by atoms with E-state index < -0.39 is 6.10 Å². The SMILES string of the molecule is COc1cccc(CC(O)c2cnn3ccccc23)c1. The van der Waals surface area contributed by atoms with E-state index >= 15 is 0 Å². The van der Waals surface area contributed by atoms with E-state index in [4.69, 9.17) is 4.74 Å². The van der Waals surface area contributed by atoms with Crippen LogP contribution in [0.5, 0.6) is 5.75 Å². The van der Waals surface area contributed by atoms with Gasteiger partial charge < -0.3 is 9.84 Å². The van der Waals surface area contributed by atoms with Gasteiger partial charge in [0.1, 0.15) is 5.75 Å². The van der Waals surface area contributed by atoms with E-state index in [0.29, 0.717) is 6.42 Å². The minimum Gasteiger partial charge on any atom is -0.497 e. The van der Waals surface area contributed by atoms with Crippen LogP contribution in [-0.4, -0.2) is 21.8 Å². The fourth-order valence-electron chi connectivity index (χ4n) is 2.34. The summed E-state index contributed by atoms with van der Waals surface area (Å²) in [4.78, 5) is 0. The molecule has 3 rings (SSSR count). The Morgan fingerprint density at radius 1 is 1.25 bits per heavy atom. The summed E-state index contributed by atoms with van der Waals surface area (Å²) in [6.45, 7) is 0. The molecule has 4 heteroatoms. The van der Waals surface area contributed by atoms with Crippen LogP contribution in [0.4, 0.5) is 0 Å². The number of rotatable bonds is 4. The molecule has 2 heterocycles. The minimum atomic E-state index is -0.581. The molecule has 0 spiro atoms. The molecular weight excluding hydrogens is 252 g/mol. The van der Waals surface area contributed by atoms with Crippen LogP contribution in [0.2, 0.25) is 0 Å². The molecular formula is C16H16N2O2. The molecule has 0 aliphatic carbocycles. The summed E-state index contributed by atoms with van der Waals surface area (Å²) in [5.74, 6) is 0.801. The zero-order chi connectivity index (χ0) is 13.9. The van der Waals surface area contributed by atoms with Crippen molar-refractivity contribution >= 4 is 5.52 Å². The molecule has 3 aromatic rings. The van der Waals surface area contributed by atoms with Crippen molar-refractivity contribution in [3.05, 3.63) is 66.0 Å². The molecule has 20 heavy (non-hydrogen) atoms. The van der Waals surface area contributed by atoms with Crippen LogP contribution < -0.4 is 4.74 Å². The summed E-state index contributed by atoms with van der Waals surface area (Å²) < 4.78 is 6.97. The van der Waals surface area contributed by atoms with Crippen LogP contribution in [0.25, 0.3) is 5.52 Å². The Morgan fingerprint density at radius 2 is 2.15 bits per heavy atom. The number of hydrogen-bond donors (Lipinski definition) is 1. The van der Waals surface area contributed by atoms with E-state index in [9.17, 15) is 5.11 Å². The first-order chi connectivity index (χ1) is 9.78. The Kier molecular flexibility index (Phi) is 3.39. The number of aliphatic hydroxyl groups is 1. The Balaban J connectivity index is 1.87. The number of benzene rings is 1. The van der Waals surface area contributed by atoms with Crippen molar-refractivity contribution in [3.63, 3.8) is 0 Å². The number of fused-ring (bicyclic) bond motifs is 1. The average molecular weight is 268 g/mol. The number of ether oxygens (including phenoxy) is 1. The van der Waals surface area contributed by atoms with Crippen LogP contribution in [0.3, 0.4) is 0 Å². The third-order valence-electron chi connectivity index (χ3n) is 3.38. The first-order valence-electron chi connectivity index (χ1n) is 6.51. The molecule has 2 aromatic heterocycles. The Hall–Kier alpha value is -2.33. The molecule has 0 amide bonds. The lowest BCUT2D eigenvalue weighted by Gasteiger charge is -2.10. The van der Waals surface area contributed by atoms with Gasteiger partial charge in [0.05, 0.1) is 24.9 Å². The maximum absolute atomic E-state index is 10.4. The van der Waals surface area contributed by atoms with Gasteiger partial charge in [0, 0.05) is 18.2 Å². The van der Waals surface area contributed by atoms with E-state index in [1.165, 1.54) is 0 Å². The highest BCUT2D eigenvalue weighted by Gasteiger charge is 2.14. The number of aromatic nitrogens is 2. The zero-order valence-electron chi connectivity index (χ0n) is 11.2. The predicted molar refractivity (Wildman–Crippen MR) is 76.8 cm³/mol. The molecule has 4 nitrogen and oxygen atoms in total. The maximum atomic E-state index is 10.4. The molecule has 0 aliphatic rings. The smallest absolute Gasteiger partial charge is 0.119 e. The third-order valence-corrected chi connectivity index (χ3v) is 3.38. The van der Waals surface area contributed by atoms with Crippen LogP contribution in [0.15, 0.2) is 54.9 Å². The van der Waals surface area contributed by atoms with Gasteiger partial charge in [-0.2, -0.15) is 5.10 Å². The van der Waals surface area contributed by atoms with Crippen molar-refractivity contribution in [2.45, 2.75) is 12.5 Å². The largest absolute Gasteiger partial charge is 0.497 e. The topological polar surface area (TPSA) is 46.8 Å². The van der Waals surface area contributed by atoms with Gasteiger partial charge in [0.2, 0.25) is 0 Å². The average Bonchev–Trinajstić information content (AvgIpc) is 2.91. The zero-order valence-corrected chi connectivity index (χ0v) is 11.2. The van der Waals surface area contributed by atoms with E-state index in [0.717, 1.165) is 22.4 Å². The minimum absolute atomic E-state index is 0.535. The highest BCUT2D eigenvalue weighted by molar-refractivity contribution is 5.54. The van der Waals surface area contributed by atoms with Gasteiger partial charge in [-0.05, 0) is 29.8 Å². The lowest BCUT2D eigenvalue weighted by molar-refractivity contribution is 0.180. The van der Waals surface area contributed by atoms with Crippen molar-refractivity contribution in [2.75, 3.05) is 7.11 Å². The molecule has 1 atom stereocenters. The second kappa shape index (κ2) is 5.35. The van der Waals surface area contributed by atoms with Crippen molar-refractivity contribution in [1.29, 1.82) is 0 Å². The predicted octanol–water partition coefficient (Wildman–Crippen LogP) is 2.62. The van der Waals surface area contributed by atoms with Crippen molar-refractivity contribution in [2.24, 2.45) is 0 Å². The quantitative estimate of drug-likeness (QED) is 0.791. The van der Waals surface area contributed by atoms with Gasteiger partial charge in [-0.1, -0.05) is 18.2 Å². The summed E-state index contributed by atoms with van der Waals surface area (Å²) in [6, 6.07) is 13.6. The summed E-state index contributed by atoms with van der Waals surface area (Å²) in [6.07, 6.45) is 3.55. The molecule has 0 radical (unpaired) electrons. The summed E-state index contributed by atoms with van der Waals surface area (Å²) in [7, 11) is 1.64. The number of aliphatic hydroxyl groups excluding tert-OH is 1. The van der Waals surface area contributed by atoms with Crippen LogP contribution in [-0.2, 0) is 6.42 Å². The normalized spacial score (nSPS) is 12.5. The van der Waals surface area contributed by atoms with E-state index in [-0.39, 0.29) is 0 Å². The third kappa shape index (κ3) is 2.38. The summed E-state index contributed by atoms with van der Waals surface area (Å²) >= 11 is 0. The van der Waals surface area contributed by atoms with Crippen molar-refractivity contribution in [1.82, 2.24) is 9.61 Å². The summed E-state index contributed by atoms with van der Waals surface area (Å²) in [5, 5.41) is 14.7. The fourth-order valence-corrected chi connectivity index (χ4v) is 2.34.